The minimum atomic E-state index is -1.76. The first-order valence-electron chi connectivity index (χ1n) is 7.47. The molecule has 0 spiro atoms. The standard InChI is InChI=1S/C18H28OSSi/c1-15(2)14-16(19-21(6,7)18(3,4)5)10-8-11-17-12-9-13-20-17/h9,12-14,16H,10H2,1-7H3. The van der Waals surface area contributed by atoms with Crippen molar-refractivity contribution in [1.29, 1.82) is 0 Å². The first-order chi connectivity index (χ1) is 9.62. The zero-order valence-corrected chi connectivity index (χ0v) is 16.2. The van der Waals surface area contributed by atoms with Crippen LogP contribution in [0, 0.1) is 11.8 Å². The maximum absolute atomic E-state index is 6.50. The Morgan fingerprint density at radius 2 is 2.05 bits per heavy atom. The summed E-state index contributed by atoms with van der Waals surface area (Å²) in [5.74, 6) is 6.51. The van der Waals surface area contributed by atoms with Gasteiger partial charge < -0.3 is 4.43 Å². The van der Waals surface area contributed by atoms with E-state index in [2.05, 4.69) is 77.1 Å². The van der Waals surface area contributed by atoms with E-state index >= 15 is 0 Å². The molecule has 1 atom stereocenters. The van der Waals surface area contributed by atoms with Gasteiger partial charge in [-0.15, -0.1) is 11.3 Å². The molecular weight excluding hydrogens is 292 g/mol. The van der Waals surface area contributed by atoms with E-state index in [-0.39, 0.29) is 11.1 Å². The van der Waals surface area contributed by atoms with E-state index in [0.717, 1.165) is 11.3 Å². The molecule has 1 nitrogen and oxygen atoms in total. The maximum atomic E-state index is 6.50. The average Bonchev–Trinajstić information content (AvgIpc) is 2.78. The molecule has 0 aliphatic rings. The van der Waals surface area contributed by atoms with Crippen molar-refractivity contribution in [1.82, 2.24) is 0 Å². The minimum absolute atomic E-state index is 0.100. The molecule has 0 fully saturated rings. The average molecular weight is 321 g/mol. The molecule has 1 heterocycles. The topological polar surface area (TPSA) is 9.23 Å². The normalized spacial score (nSPS) is 13.3. The third-order valence-corrected chi connectivity index (χ3v) is 9.10. The fraction of sp³-hybridized carbons (Fsp3) is 0.556. The summed E-state index contributed by atoms with van der Waals surface area (Å²) in [7, 11) is -1.76. The lowest BCUT2D eigenvalue weighted by atomic mass is 10.2. The summed E-state index contributed by atoms with van der Waals surface area (Å²) < 4.78 is 6.50. The van der Waals surface area contributed by atoms with Crippen molar-refractivity contribution < 1.29 is 4.43 Å². The SMILES string of the molecule is CC(C)=CC(CC#Cc1cccs1)O[Si](C)(C)C(C)(C)C. The van der Waals surface area contributed by atoms with Crippen LogP contribution in [0.15, 0.2) is 29.2 Å². The van der Waals surface area contributed by atoms with E-state index in [0.29, 0.717) is 0 Å². The predicted molar refractivity (Wildman–Crippen MR) is 97.3 cm³/mol. The largest absolute Gasteiger partial charge is 0.410 e. The lowest BCUT2D eigenvalue weighted by molar-refractivity contribution is 0.229. The molecule has 0 radical (unpaired) electrons. The van der Waals surface area contributed by atoms with Gasteiger partial charge in [0.05, 0.1) is 11.0 Å². The van der Waals surface area contributed by atoms with Gasteiger partial charge in [-0.3, -0.25) is 0 Å². The fourth-order valence-corrected chi connectivity index (χ4v) is 3.50. The van der Waals surface area contributed by atoms with Gasteiger partial charge in [-0.2, -0.15) is 0 Å². The van der Waals surface area contributed by atoms with E-state index in [1.807, 2.05) is 6.07 Å². The number of hydrogen-bond acceptors (Lipinski definition) is 2. The zero-order valence-electron chi connectivity index (χ0n) is 14.4. The fourth-order valence-electron chi connectivity index (χ4n) is 1.65. The first-order valence-corrected chi connectivity index (χ1v) is 11.3. The molecule has 0 aromatic carbocycles. The predicted octanol–water partition coefficient (Wildman–Crippen LogP) is 5.85. The maximum Gasteiger partial charge on any atom is 0.192 e. The Balaban J connectivity index is 2.80. The summed E-state index contributed by atoms with van der Waals surface area (Å²) in [6, 6.07) is 4.09. The van der Waals surface area contributed by atoms with Gasteiger partial charge in [-0.1, -0.05) is 50.3 Å². The molecule has 0 saturated heterocycles. The van der Waals surface area contributed by atoms with Crippen LogP contribution >= 0.6 is 11.3 Å². The zero-order chi connectivity index (χ0) is 16.1. The Bertz CT molecular complexity index is 520. The van der Waals surface area contributed by atoms with Crippen molar-refractivity contribution in [2.45, 2.75) is 65.3 Å². The van der Waals surface area contributed by atoms with Crippen molar-refractivity contribution >= 4 is 19.7 Å². The third kappa shape index (κ3) is 6.21. The van der Waals surface area contributed by atoms with Gasteiger partial charge in [-0.05, 0) is 43.4 Å². The number of hydrogen-bond donors (Lipinski definition) is 0. The Morgan fingerprint density at radius 3 is 2.52 bits per heavy atom. The van der Waals surface area contributed by atoms with Crippen molar-refractivity contribution in [2.24, 2.45) is 0 Å². The van der Waals surface area contributed by atoms with E-state index in [1.54, 1.807) is 11.3 Å². The highest BCUT2D eigenvalue weighted by atomic mass is 32.1. The van der Waals surface area contributed by atoms with E-state index in [4.69, 9.17) is 4.43 Å². The van der Waals surface area contributed by atoms with E-state index in [9.17, 15) is 0 Å². The quantitative estimate of drug-likeness (QED) is 0.384. The van der Waals surface area contributed by atoms with Crippen molar-refractivity contribution in [2.75, 3.05) is 0 Å². The summed E-state index contributed by atoms with van der Waals surface area (Å²) in [6.07, 6.45) is 3.07. The summed E-state index contributed by atoms with van der Waals surface area (Å²) in [4.78, 5) is 1.12. The van der Waals surface area contributed by atoms with Crippen molar-refractivity contribution in [3.05, 3.63) is 34.0 Å². The molecule has 0 amide bonds. The molecule has 0 aliphatic carbocycles. The molecule has 116 valence electrons. The van der Waals surface area contributed by atoms with Crippen LogP contribution in [0.1, 0.15) is 45.9 Å². The Morgan fingerprint density at radius 1 is 1.38 bits per heavy atom. The van der Waals surface area contributed by atoms with Gasteiger partial charge in [0.15, 0.2) is 8.32 Å². The Kier molecular flexibility index (Phi) is 6.46. The molecular formula is C18H28OSSi. The molecule has 3 heteroatoms. The second kappa shape index (κ2) is 7.44. The van der Waals surface area contributed by atoms with Crippen LogP contribution in [0.25, 0.3) is 0 Å². The molecule has 1 aromatic heterocycles. The highest BCUT2D eigenvalue weighted by Crippen LogP contribution is 2.37. The van der Waals surface area contributed by atoms with Crippen LogP contribution in [0.3, 0.4) is 0 Å². The van der Waals surface area contributed by atoms with Gasteiger partial charge in [0.2, 0.25) is 0 Å². The lowest BCUT2D eigenvalue weighted by Gasteiger charge is -2.38. The summed E-state index contributed by atoms with van der Waals surface area (Å²) in [6.45, 7) is 15.7. The van der Waals surface area contributed by atoms with Crippen LogP contribution in [0.5, 0.6) is 0 Å². The van der Waals surface area contributed by atoms with Gasteiger partial charge in [0.25, 0.3) is 0 Å². The molecule has 0 N–H and O–H groups in total. The van der Waals surface area contributed by atoms with Gasteiger partial charge in [0, 0.05) is 6.42 Å². The molecule has 1 rings (SSSR count). The minimum Gasteiger partial charge on any atom is -0.410 e. The molecule has 0 aliphatic heterocycles. The molecule has 1 unspecified atom stereocenters. The Hall–Kier alpha value is -0.823. The van der Waals surface area contributed by atoms with E-state index < -0.39 is 8.32 Å². The van der Waals surface area contributed by atoms with Crippen LogP contribution in [0.2, 0.25) is 18.1 Å². The van der Waals surface area contributed by atoms with Crippen LogP contribution in [0.4, 0.5) is 0 Å². The first kappa shape index (κ1) is 18.2. The van der Waals surface area contributed by atoms with Gasteiger partial charge in [-0.25, -0.2) is 0 Å². The second-order valence-corrected chi connectivity index (χ2v) is 12.8. The Labute approximate surface area is 135 Å². The lowest BCUT2D eigenvalue weighted by Crippen LogP contribution is -2.43. The van der Waals surface area contributed by atoms with Crippen LogP contribution in [-0.2, 0) is 4.43 Å². The summed E-state index contributed by atoms with van der Waals surface area (Å²) in [5, 5.41) is 2.28. The second-order valence-electron chi connectivity index (χ2n) is 7.14. The monoisotopic (exact) mass is 320 g/mol. The third-order valence-electron chi connectivity index (χ3n) is 3.81. The van der Waals surface area contributed by atoms with Gasteiger partial charge in [0.1, 0.15) is 0 Å². The van der Waals surface area contributed by atoms with Crippen LogP contribution < -0.4 is 0 Å². The van der Waals surface area contributed by atoms with E-state index in [1.165, 1.54) is 5.57 Å². The number of rotatable bonds is 4. The van der Waals surface area contributed by atoms with Gasteiger partial charge >= 0.3 is 0 Å². The smallest absolute Gasteiger partial charge is 0.192 e. The van der Waals surface area contributed by atoms with Crippen molar-refractivity contribution in [3.8, 4) is 11.8 Å². The molecule has 1 aromatic rings. The van der Waals surface area contributed by atoms with Crippen LogP contribution in [-0.4, -0.2) is 14.4 Å². The highest BCUT2D eigenvalue weighted by Gasteiger charge is 2.38. The number of thiophene rings is 1. The molecule has 0 saturated carbocycles. The molecule has 0 bridgehead atoms. The van der Waals surface area contributed by atoms with Crippen molar-refractivity contribution in [3.63, 3.8) is 0 Å². The summed E-state index contributed by atoms with van der Waals surface area (Å²) >= 11 is 1.68. The molecule has 21 heavy (non-hydrogen) atoms. The highest BCUT2D eigenvalue weighted by molar-refractivity contribution is 7.10. The summed E-state index contributed by atoms with van der Waals surface area (Å²) in [5.41, 5.74) is 1.29. The number of allylic oxidation sites excluding steroid dienone is 1.